The van der Waals surface area contributed by atoms with E-state index in [1.807, 2.05) is 32.0 Å². The van der Waals surface area contributed by atoms with Gasteiger partial charge in [-0.05, 0) is 43.5 Å². The van der Waals surface area contributed by atoms with Crippen LogP contribution in [-0.4, -0.2) is 44.7 Å². The van der Waals surface area contributed by atoms with E-state index < -0.39 is 26.9 Å². The molecule has 0 aromatic heterocycles. The number of nitrogens with zero attached hydrogens (tertiary/aromatic N) is 2. The molecular formula is C21H27N3O6S. The lowest BCUT2D eigenvalue weighted by Gasteiger charge is -2.30. The molecule has 0 heterocycles. The van der Waals surface area contributed by atoms with Gasteiger partial charge in [0.25, 0.3) is 5.69 Å². The molecule has 168 valence electrons. The number of sulfonamides is 1. The Hall–Kier alpha value is -3.14. The molecule has 10 heteroatoms. The topological polar surface area (TPSA) is 119 Å². The number of hydrogen-bond donors (Lipinski definition) is 1. The van der Waals surface area contributed by atoms with Crippen molar-refractivity contribution in [2.24, 2.45) is 0 Å². The van der Waals surface area contributed by atoms with Crippen LogP contribution in [0.3, 0.4) is 0 Å². The average Bonchev–Trinajstić information content (AvgIpc) is 2.71. The van der Waals surface area contributed by atoms with Gasteiger partial charge in [-0.2, -0.15) is 0 Å². The molecule has 0 aliphatic heterocycles. The molecule has 2 aromatic carbocycles. The molecule has 0 unspecified atom stereocenters. The van der Waals surface area contributed by atoms with Gasteiger partial charge in [-0.15, -0.1) is 0 Å². The fourth-order valence-corrected chi connectivity index (χ4v) is 4.34. The lowest BCUT2D eigenvalue weighted by Crippen LogP contribution is -2.50. The second kappa shape index (κ2) is 10.3. The maximum absolute atomic E-state index is 12.8. The lowest BCUT2D eigenvalue weighted by atomic mass is 10.1. The second-order valence-corrected chi connectivity index (χ2v) is 8.96. The zero-order valence-corrected chi connectivity index (χ0v) is 18.8. The van der Waals surface area contributed by atoms with Gasteiger partial charge in [-0.1, -0.05) is 25.1 Å². The van der Waals surface area contributed by atoms with Crippen LogP contribution in [-0.2, 0) is 14.8 Å². The number of anilines is 1. The summed E-state index contributed by atoms with van der Waals surface area (Å²) in [7, 11) is -3.88. The van der Waals surface area contributed by atoms with Crippen molar-refractivity contribution in [2.45, 2.75) is 33.2 Å². The number of amides is 1. The van der Waals surface area contributed by atoms with Gasteiger partial charge < -0.3 is 10.1 Å². The van der Waals surface area contributed by atoms with E-state index >= 15 is 0 Å². The van der Waals surface area contributed by atoms with Crippen LogP contribution in [0.2, 0.25) is 0 Å². The van der Waals surface area contributed by atoms with Crippen LogP contribution < -0.4 is 14.4 Å². The fourth-order valence-electron chi connectivity index (χ4n) is 3.14. The molecule has 0 saturated carbocycles. The average molecular weight is 450 g/mol. The third-order valence-electron chi connectivity index (χ3n) is 4.84. The molecule has 2 aromatic rings. The first kappa shape index (κ1) is 24.1. The predicted molar refractivity (Wildman–Crippen MR) is 119 cm³/mol. The molecule has 0 spiro atoms. The first-order valence-electron chi connectivity index (χ1n) is 9.76. The summed E-state index contributed by atoms with van der Waals surface area (Å²) in [4.78, 5) is 23.2. The normalized spacial score (nSPS) is 12.1. The third-order valence-corrected chi connectivity index (χ3v) is 6.02. The summed E-state index contributed by atoms with van der Waals surface area (Å²) in [5.74, 6) is 0.208. The van der Waals surface area contributed by atoms with E-state index in [1.54, 1.807) is 6.92 Å². The van der Waals surface area contributed by atoms with Crippen LogP contribution in [0, 0.1) is 24.0 Å². The Balaban J connectivity index is 2.13. The zero-order valence-electron chi connectivity index (χ0n) is 18.0. The largest absolute Gasteiger partial charge is 0.491 e. The summed E-state index contributed by atoms with van der Waals surface area (Å²) in [6, 6.07) is 9.85. The number of nitrogens with one attached hydrogen (secondary N) is 1. The molecular weight excluding hydrogens is 422 g/mol. The number of carbonyl (C=O) groups is 1. The number of benzene rings is 2. The van der Waals surface area contributed by atoms with Crippen molar-refractivity contribution in [1.82, 2.24) is 5.32 Å². The maximum atomic E-state index is 12.8. The van der Waals surface area contributed by atoms with Gasteiger partial charge in [0.05, 0.1) is 23.4 Å². The third kappa shape index (κ3) is 6.17. The van der Waals surface area contributed by atoms with Crippen molar-refractivity contribution < 1.29 is 22.9 Å². The highest BCUT2D eigenvalue weighted by Crippen LogP contribution is 2.26. The van der Waals surface area contributed by atoms with Gasteiger partial charge >= 0.3 is 0 Å². The van der Waals surface area contributed by atoms with Gasteiger partial charge in [-0.25, -0.2) is 8.42 Å². The minimum absolute atomic E-state index is 0.0605. The summed E-state index contributed by atoms with van der Waals surface area (Å²) in [5, 5.41) is 13.8. The predicted octanol–water partition coefficient (Wildman–Crippen LogP) is 2.95. The number of nitro groups is 1. The lowest BCUT2D eigenvalue weighted by molar-refractivity contribution is -0.384. The van der Waals surface area contributed by atoms with Crippen LogP contribution in [0.4, 0.5) is 11.4 Å². The first-order chi connectivity index (χ1) is 14.6. The van der Waals surface area contributed by atoms with E-state index in [9.17, 15) is 23.3 Å². The van der Waals surface area contributed by atoms with Crippen molar-refractivity contribution in [3.05, 3.63) is 63.7 Å². The smallest absolute Gasteiger partial charge is 0.271 e. The second-order valence-electron chi connectivity index (χ2n) is 7.10. The Morgan fingerprint density at radius 2 is 1.90 bits per heavy atom. The molecule has 31 heavy (non-hydrogen) atoms. The number of rotatable bonds is 10. The number of aryl methyl sites for hydroxylation is 1. The molecule has 0 aliphatic carbocycles. The van der Waals surface area contributed by atoms with Gasteiger partial charge in [0.1, 0.15) is 18.4 Å². The molecule has 1 atom stereocenters. The summed E-state index contributed by atoms with van der Waals surface area (Å²) in [6.45, 7) is 5.98. The van der Waals surface area contributed by atoms with Crippen LogP contribution in [0.1, 0.15) is 24.5 Å². The van der Waals surface area contributed by atoms with E-state index in [4.69, 9.17) is 4.74 Å². The number of nitro benzene ring substituents is 1. The molecule has 2 rings (SSSR count). The Bertz CT molecular complexity index is 1050. The minimum atomic E-state index is -3.88. The highest BCUT2D eigenvalue weighted by molar-refractivity contribution is 7.92. The summed E-state index contributed by atoms with van der Waals surface area (Å²) in [5.41, 5.74) is 1.90. The number of hydrogen-bond acceptors (Lipinski definition) is 6. The summed E-state index contributed by atoms with van der Waals surface area (Å²) in [6.07, 6.45) is 1.14. The molecule has 0 saturated heterocycles. The highest BCUT2D eigenvalue weighted by atomic mass is 32.2. The molecule has 9 nitrogen and oxygen atoms in total. The zero-order chi connectivity index (χ0) is 23.2. The number of non-ortho nitro benzene ring substituents is 1. The molecule has 0 radical (unpaired) electrons. The van der Waals surface area contributed by atoms with Gasteiger partial charge in [0, 0.05) is 12.1 Å². The Labute approximate surface area is 182 Å². The van der Waals surface area contributed by atoms with Crippen molar-refractivity contribution in [1.29, 1.82) is 0 Å². The monoisotopic (exact) mass is 449 g/mol. The summed E-state index contributed by atoms with van der Waals surface area (Å²) < 4.78 is 31.5. The van der Waals surface area contributed by atoms with E-state index in [-0.39, 0.29) is 30.9 Å². The van der Waals surface area contributed by atoms with E-state index in [0.717, 1.165) is 33.5 Å². The van der Waals surface area contributed by atoms with Crippen LogP contribution >= 0.6 is 0 Å². The van der Waals surface area contributed by atoms with E-state index in [0.29, 0.717) is 0 Å². The van der Waals surface area contributed by atoms with Gasteiger partial charge in [0.15, 0.2) is 0 Å². The van der Waals surface area contributed by atoms with Crippen molar-refractivity contribution in [3.63, 3.8) is 0 Å². The van der Waals surface area contributed by atoms with Gasteiger partial charge in [0.2, 0.25) is 15.9 Å². The summed E-state index contributed by atoms with van der Waals surface area (Å²) >= 11 is 0. The minimum Gasteiger partial charge on any atom is -0.491 e. The SMILES string of the molecule is CC[C@@H](C(=O)NCCOc1cccc(C)c1C)N(c1cccc([N+](=O)[O-])c1)S(C)(=O)=O. The molecule has 1 N–H and O–H groups in total. The van der Waals surface area contributed by atoms with E-state index in [2.05, 4.69) is 5.32 Å². The van der Waals surface area contributed by atoms with Crippen LogP contribution in [0.25, 0.3) is 0 Å². The van der Waals surface area contributed by atoms with Crippen molar-refractivity contribution >= 4 is 27.3 Å². The van der Waals surface area contributed by atoms with Crippen LogP contribution in [0.5, 0.6) is 5.75 Å². The first-order valence-corrected chi connectivity index (χ1v) is 11.6. The molecule has 1 amide bonds. The van der Waals surface area contributed by atoms with Crippen molar-refractivity contribution in [3.8, 4) is 5.75 Å². The van der Waals surface area contributed by atoms with Crippen molar-refractivity contribution in [2.75, 3.05) is 23.7 Å². The quantitative estimate of drug-likeness (QED) is 0.338. The Kier molecular flexibility index (Phi) is 7.98. The Morgan fingerprint density at radius 3 is 2.52 bits per heavy atom. The standard InChI is InChI=1S/C21H27N3O6S/c1-5-19(21(25)22-12-13-30-20-11-6-8-15(2)16(20)3)23(31(4,28)29)17-9-7-10-18(14-17)24(26)27/h6-11,14,19H,5,12-13H2,1-4H3,(H,22,25)/t19-/m0/s1. The van der Waals surface area contributed by atoms with Crippen LogP contribution in [0.15, 0.2) is 42.5 Å². The fraction of sp³-hybridized carbons (Fsp3) is 0.381. The molecule has 0 bridgehead atoms. The number of carbonyl (C=O) groups excluding carboxylic acids is 1. The van der Waals surface area contributed by atoms with E-state index in [1.165, 1.54) is 18.2 Å². The maximum Gasteiger partial charge on any atom is 0.271 e. The van der Waals surface area contributed by atoms with Gasteiger partial charge in [-0.3, -0.25) is 19.2 Å². The Morgan fingerprint density at radius 1 is 1.23 bits per heavy atom. The number of ether oxygens (including phenoxy) is 1. The molecule has 0 aliphatic rings. The highest BCUT2D eigenvalue weighted by Gasteiger charge is 2.32. The molecule has 0 fully saturated rings.